The van der Waals surface area contributed by atoms with Gasteiger partial charge in [0.15, 0.2) is 5.13 Å². The highest BCUT2D eigenvalue weighted by atomic mass is 32.1. The van der Waals surface area contributed by atoms with Crippen molar-refractivity contribution in [2.75, 3.05) is 5.32 Å². The predicted octanol–water partition coefficient (Wildman–Crippen LogP) is 2.82. The summed E-state index contributed by atoms with van der Waals surface area (Å²) in [6.45, 7) is 0. The first kappa shape index (κ1) is 20.6. The second-order valence-electron chi connectivity index (χ2n) is 6.88. The number of anilines is 1. The summed E-state index contributed by atoms with van der Waals surface area (Å²) in [5.74, 6) is -1.96. The van der Waals surface area contributed by atoms with Crippen molar-refractivity contribution in [3.05, 3.63) is 79.8 Å². The van der Waals surface area contributed by atoms with E-state index in [4.69, 9.17) is 0 Å². The summed E-state index contributed by atoms with van der Waals surface area (Å²) in [6, 6.07) is 8.44. The molecule has 2 heterocycles. The molecule has 0 saturated carbocycles. The fourth-order valence-corrected chi connectivity index (χ4v) is 4.09. The lowest BCUT2D eigenvalue weighted by Crippen LogP contribution is -2.37. The summed E-state index contributed by atoms with van der Waals surface area (Å²) in [5, 5.41) is 4.48. The first-order chi connectivity index (χ1) is 14.8. The van der Waals surface area contributed by atoms with Crippen molar-refractivity contribution in [1.82, 2.24) is 14.1 Å². The Hall–Kier alpha value is -3.66. The molecule has 31 heavy (non-hydrogen) atoms. The molecule has 0 aliphatic carbocycles. The molecule has 158 valence electrons. The van der Waals surface area contributed by atoms with Crippen LogP contribution in [0.3, 0.4) is 0 Å². The van der Waals surface area contributed by atoms with Gasteiger partial charge in [0, 0.05) is 19.5 Å². The molecule has 10 heteroatoms. The number of thiazole rings is 1. The molecule has 2 aromatic carbocycles. The van der Waals surface area contributed by atoms with E-state index in [1.54, 1.807) is 25.2 Å². The standard InChI is InChI=1S/C21H16F2N4O3S/c1-26-15-8-3-5-11(17(15)19(29)27(2)21(26)30)9-16(28)25-20-24-14(10-31-20)18-12(22)6-4-7-13(18)23/h3-8,10H,9H2,1-2H3,(H,24,25,28). The molecule has 0 bridgehead atoms. The third kappa shape index (κ3) is 3.66. The molecule has 1 amide bonds. The van der Waals surface area contributed by atoms with E-state index in [0.717, 1.165) is 28.0 Å². The summed E-state index contributed by atoms with van der Waals surface area (Å²) >= 11 is 1.03. The number of carbonyl (C=O) groups is 1. The average molecular weight is 442 g/mol. The summed E-state index contributed by atoms with van der Waals surface area (Å²) in [5.41, 5.74) is -0.279. The lowest BCUT2D eigenvalue weighted by Gasteiger charge is -2.11. The van der Waals surface area contributed by atoms with E-state index < -0.39 is 28.8 Å². The van der Waals surface area contributed by atoms with Gasteiger partial charge < -0.3 is 5.32 Å². The van der Waals surface area contributed by atoms with E-state index in [9.17, 15) is 23.2 Å². The molecule has 2 aromatic heterocycles. The van der Waals surface area contributed by atoms with Gasteiger partial charge >= 0.3 is 5.69 Å². The van der Waals surface area contributed by atoms with Crippen molar-refractivity contribution in [2.45, 2.75) is 6.42 Å². The lowest BCUT2D eigenvalue weighted by molar-refractivity contribution is -0.115. The lowest BCUT2D eigenvalue weighted by atomic mass is 10.1. The van der Waals surface area contributed by atoms with E-state index in [1.165, 1.54) is 23.1 Å². The fraction of sp³-hybridized carbons (Fsp3) is 0.143. The summed E-state index contributed by atoms with van der Waals surface area (Å²) in [7, 11) is 2.92. The number of halogens is 2. The Labute approximate surface area is 178 Å². The molecule has 0 aliphatic rings. The number of benzene rings is 2. The van der Waals surface area contributed by atoms with Gasteiger partial charge in [0.25, 0.3) is 5.56 Å². The maximum Gasteiger partial charge on any atom is 0.330 e. The number of rotatable bonds is 4. The van der Waals surface area contributed by atoms with E-state index >= 15 is 0 Å². The number of fused-ring (bicyclic) bond motifs is 1. The van der Waals surface area contributed by atoms with Crippen LogP contribution >= 0.6 is 11.3 Å². The van der Waals surface area contributed by atoms with Crippen LogP contribution in [0.15, 0.2) is 51.4 Å². The van der Waals surface area contributed by atoms with Crippen LogP contribution in [0.25, 0.3) is 22.2 Å². The Morgan fingerprint density at radius 1 is 1.06 bits per heavy atom. The first-order valence-corrected chi connectivity index (χ1v) is 10.0. The minimum absolute atomic E-state index is 0.0740. The van der Waals surface area contributed by atoms with Gasteiger partial charge in [-0.25, -0.2) is 18.6 Å². The second kappa shape index (κ2) is 7.88. The quantitative estimate of drug-likeness (QED) is 0.527. The fourth-order valence-electron chi connectivity index (χ4n) is 3.37. The molecule has 0 spiro atoms. The van der Waals surface area contributed by atoms with Gasteiger partial charge in [0.05, 0.1) is 28.6 Å². The molecule has 0 fully saturated rings. The molecule has 0 saturated heterocycles. The Morgan fingerprint density at radius 3 is 2.45 bits per heavy atom. The zero-order valence-corrected chi connectivity index (χ0v) is 17.3. The summed E-state index contributed by atoms with van der Waals surface area (Å²) in [6.07, 6.45) is -0.145. The Balaban J connectivity index is 1.62. The normalized spacial score (nSPS) is 11.1. The number of carbonyl (C=O) groups excluding carboxylic acids is 1. The van der Waals surface area contributed by atoms with Gasteiger partial charge in [0.2, 0.25) is 5.91 Å². The molecule has 0 radical (unpaired) electrons. The number of aromatic nitrogens is 3. The molecule has 1 N–H and O–H groups in total. The molecule has 0 unspecified atom stereocenters. The van der Waals surface area contributed by atoms with Crippen molar-refractivity contribution in [2.24, 2.45) is 14.1 Å². The van der Waals surface area contributed by atoms with Crippen LogP contribution in [0.5, 0.6) is 0 Å². The van der Waals surface area contributed by atoms with Gasteiger partial charge in [-0.1, -0.05) is 18.2 Å². The largest absolute Gasteiger partial charge is 0.330 e. The molecule has 0 atom stereocenters. The number of nitrogens with zero attached hydrogens (tertiary/aromatic N) is 3. The van der Waals surface area contributed by atoms with Crippen LogP contribution in [0.4, 0.5) is 13.9 Å². The number of nitrogens with one attached hydrogen (secondary N) is 1. The second-order valence-corrected chi connectivity index (χ2v) is 7.73. The number of aryl methyl sites for hydroxylation is 1. The molecular weight excluding hydrogens is 426 g/mol. The minimum atomic E-state index is -0.750. The molecule has 4 aromatic rings. The van der Waals surface area contributed by atoms with Gasteiger partial charge in [-0.05, 0) is 23.8 Å². The Bertz CT molecular complexity index is 1440. The van der Waals surface area contributed by atoms with E-state index in [1.807, 2.05) is 0 Å². The Kier molecular flexibility index (Phi) is 5.24. The van der Waals surface area contributed by atoms with Crippen LogP contribution in [0.2, 0.25) is 0 Å². The number of amides is 1. The maximum absolute atomic E-state index is 14.0. The predicted molar refractivity (Wildman–Crippen MR) is 114 cm³/mol. The monoisotopic (exact) mass is 442 g/mol. The van der Waals surface area contributed by atoms with Gasteiger partial charge in [-0.15, -0.1) is 11.3 Å². The zero-order chi connectivity index (χ0) is 22.3. The Morgan fingerprint density at radius 2 is 1.74 bits per heavy atom. The van der Waals surface area contributed by atoms with Crippen molar-refractivity contribution in [3.8, 4) is 11.3 Å². The average Bonchev–Trinajstić information content (AvgIpc) is 3.18. The van der Waals surface area contributed by atoms with Crippen molar-refractivity contribution in [3.63, 3.8) is 0 Å². The van der Waals surface area contributed by atoms with Crippen molar-refractivity contribution < 1.29 is 13.6 Å². The van der Waals surface area contributed by atoms with Crippen molar-refractivity contribution in [1.29, 1.82) is 0 Å². The topological polar surface area (TPSA) is 86.0 Å². The van der Waals surface area contributed by atoms with E-state index in [-0.39, 0.29) is 28.2 Å². The molecule has 7 nitrogen and oxygen atoms in total. The van der Waals surface area contributed by atoms with E-state index in [0.29, 0.717) is 11.1 Å². The van der Waals surface area contributed by atoms with Crippen LogP contribution in [0.1, 0.15) is 5.56 Å². The van der Waals surface area contributed by atoms with Gasteiger partial charge in [-0.2, -0.15) is 0 Å². The minimum Gasteiger partial charge on any atom is -0.302 e. The SMILES string of the molecule is Cn1c(=O)c2c(CC(=O)Nc3nc(-c4c(F)cccc4F)cs3)cccc2n(C)c1=O. The molecule has 0 aliphatic heterocycles. The number of hydrogen-bond acceptors (Lipinski definition) is 5. The van der Waals surface area contributed by atoms with E-state index in [2.05, 4.69) is 10.3 Å². The van der Waals surface area contributed by atoms with Gasteiger partial charge in [-0.3, -0.25) is 18.7 Å². The maximum atomic E-state index is 14.0. The van der Waals surface area contributed by atoms with Gasteiger partial charge in [0.1, 0.15) is 11.6 Å². The highest BCUT2D eigenvalue weighted by Crippen LogP contribution is 2.29. The third-order valence-corrected chi connectivity index (χ3v) is 5.66. The molecular formula is C21H16F2N4O3S. The smallest absolute Gasteiger partial charge is 0.302 e. The van der Waals surface area contributed by atoms with Crippen LogP contribution in [-0.2, 0) is 25.3 Å². The summed E-state index contributed by atoms with van der Waals surface area (Å²) < 4.78 is 30.2. The number of hydrogen-bond donors (Lipinski definition) is 1. The highest BCUT2D eigenvalue weighted by molar-refractivity contribution is 7.14. The summed E-state index contributed by atoms with van der Waals surface area (Å²) in [4.78, 5) is 41.4. The zero-order valence-electron chi connectivity index (χ0n) is 16.5. The first-order valence-electron chi connectivity index (χ1n) is 9.15. The van der Waals surface area contributed by atoms with Crippen LogP contribution in [-0.4, -0.2) is 20.0 Å². The molecule has 4 rings (SSSR count). The highest BCUT2D eigenvalue weighted by Gasteiger charge is 2.17. The van der Waals surface area contributed by atoms with Crippen LogP contribution in [0, 0.1) is 11.6 Å². The van der Waals surface area contributed by atoms with Crippen LogP contribution < -0.4 is 16.6 Å². The third-order valence-electron chi connectivity index (χ3n) is 4.90. The van der Waals surface area contributed by atoms with Crippen molar-refractivity contribution >= 4 is 33.3 Å².